The van der Waals surface area contributed by atoms with E-state index in [4.69, 9.17) is 12.2 Å². The maximum Gasteiger partial charge on any atom is 0.316 e. The van der Waals surface area contributed by atoms with Gasteiger partial charge in [0.2, 0.25) is 0 Å². The van der Waals surface area contributed by atoms with Crippen molar-refractivity contribution in [1.29, 1.82) is 0 Å². The van der Waals surface area contributed by atoms with Crippen LogP contribution in [0.1, 0.15) is 65.8 Å². The van der Waals surface area contributed by atoms with E-state index in [2.05, 4.69) is 14.9 Å². The molecule has 1 aromatic heterocycles. The van der Waals surface area contributed by atoms with Crippen molar-refractivity contribution in [3.8, 4) is 0 Å². The summed E-state index contributed by atoms with van der Waals surface area (Å²) in [7, 11) is 0. The second kappa shape index (κ2) is 31.3. The summed E-state index contributed by atoms with van der Waals surface area (Å²) in [6.45, 7) is 2.16. The predicted octanol–water partition coefficient (Wildman–Crippen LogP) is 7.62. The molecule has 9 heteroatoms. The molecule has 0 radical (unpaired) electrons. The molecule has 1 N–H and O–H groups in total. The summed E-state index contributed by atoms with van der Waals surface area (Å²) in [5, 5.41) is 6.42. The van der Waals surface area contributed by atoms with E-state index in [-0.39, 0.29) is 64.3 Å². The van der Waals surface area contributed by atoms with Crippen LogP contribution in [0.5, 0.6) is 0 Å². The predicted molar refractivity (Wildman–Crippen MR) is 118 cm³/mol. The minimum absolute atomic E-state index is 0. The highest BCUT2D eigenvalue weighted by Crippen LogP contribution is 2.19. The van der Waals surface area contributed by atoms with E-state index in [1.807, 2.05) is 0 Å². The Kier molecular flexibility index (Phi) is 62.1. The number of carbonyl (C=O) groups excluding carboxylic acids is 1. The number of aromatic nitrogens is 2. The van der Waals surface area contributed by atoms with Crippen molar-refractivity contribution in [1.82, 2.24) is 10.2 Å². The van der Waals surface area contributed by atoms with Crippen molar-refractivity contribution >= 4 is 41.3 Å². The number of hydrogen-bond donors (Lipinski definition) is 1. The molecule has 0 fully saturated rings. The number of alkyl halides is 2. The van der Waals surface area contributed by atoms with E-state index < -0.39 is 18.8 Å². The molecule has 0 saturated carbocycles. The molecule has 1 aromatic rings. The van der Waals surface area contributed by atoms with Gasteiger partial charge in [0.1, 0.15) is 13.3 Å². The van der Waals surface area contributed by atoms with Crippen LogP contribution in [-0.4, -0.2) is 41.4 Å². The topological polar surface area (TPSA) is 55.0 Å². The van der Waals surface area contributed by atoms with Gasteiger partial charge < -0.3 is 4.74 Å². The molecule has 0 unspecified atom stereocenters. The van der Waals surface area contributed by atoms with Crippen molar-refractivity contribution in [3.05, 3.63) is 3.95 Å². The van der Waals surface area contributed by atoms with Crippen molar-refractivity contribution in [2.24, 2.45) is 0 Å². The van der Waals surface area contributed by atoms with Gasteiger partial charge >= 0.3 is 5.97 Å². The van der Waals surface area contributed by atoms with Gasteiger partial charge in [0.25, 0.3) is 0 Å². The van der Waals surface area contributed by atoms with Crippen LogP contribution in [0.3, 0.4) is 0 Å². The Bertz CT molecular complexity index is 398. The molecular formula is C16H42F2N2O2S3. The standard InChI is InChI=1S/C6H7FN2O2S3.C3H7F.7CH4/c7-1-2-11-4(10)3-13-6-9-8-5(12)14-6;1-3(2)4;;;;;;;/h1-3H2,(H,8,12);3H,1-2H3;7*1H4. The molecule has 0 amide bonds. The molecule has 0 aliphatic carbocycles. The molecule has 0 bridgehead atoms. The molecule has 25 heavy (non-hydrogen) atoms. The third kappa shape index (κ3) is 35.4. The van der Waals surface area contributed by atoms with Gasteiger partial charge in [0.15, 0.2) is 8.29 Å². The average Bonchev–Trinajstić information content (AvgIpc) is 2.69. The largest absolute Gasteiger partial charge is 0.462 e. The van der Waals surface area contributed by atoms with Gasteiger partial charge in [-0.05, 0) is 26.1 Å². The third-order valence-electron chi connectivity index (χ3n) is 1.07. The summed E-state index contributed by atoms with van der Waals surface area (Å²) in [4.78, 5) is 10.9. The van der Waals surface area contributed by atoms with Crippen molar-refractivity contribution in [2.45, 2.75) is 76.3 Å². The van der Waals surface area contributed by atoms with Gasteiger partial charge in [0.05, 0.1) is 11.9 Å². The first-order valence-corrected chi connectivity index (χ1v) is 7.20. The fourth-order valence-electron chi connectivity index (χ4n) is 0.593. The summed E-state index contributed by atoms with van der Waals surface area (Å²) in [5.74, 6) is -0.329. The van der Waals surface area contributed by atoms with Gasteiger partial charge in [-0.2, -0.15) is 5.10 Å². The SMILES string of the molecule is C.C.C.C.C.C.C.CC(C)F.O=C(CSc1n[nH]c(=S)s1)OCCF. The molecular weight excluding hydrogens is 386 g/mol. The van der Waals surface area contributed by atoms with Gasteiger partial charge in [-0.15, -0.1) is 0 Å². The van der Waals surface area contributed by atoms with E-state index in [9.17, 15) is 13.6 Å². The molecule has 1 rings (SSSR count). The molecule has 4 nitrogen and oxygen atoms in total. The van der Waals surface area contributed by atoms with Crippen molar-refractivity contribution < 1.29 is 18.3 Å². The monoisotopic (exact) mass is 428 g/mol. The number of thioether (sulfide) groups is 1. The second-order valence-corrected chi connectivity index (χ2v) is 5.98. The highest BCUT2D eigenvalue weighted by atomic mass is 32.2. The van der Waals surface area contributed by atoms with Crippen molar-refractivity contribution in [2.75, 3.05) is 19.0 Å². The summed E-state index contributed by atoms with van der Waals surface area (Å²) in [6, 6.07) is 0. The number of rotatable bonds is 5. The number of nitrogens with one attached hydrogen (secondary N) is 1. The fourth-order valence-corrected chi connectivity index (χ4v) is 2.47. The van der Waals surface area contributed by atoms with Gasteiger partial charge in [0, 0.05) is 0 Å². The maximum absolute atomic E-state index is 11.6. The number of esters is 1. The third-order valence-corrected chi connectivity index (χ3v) is 3.28. The lowest BCUT2D eigenvalue weighted by Gasteiger charge is -1.99. The first-order chi connectivity index (χ1) is 8.45. The molecule has 0 aliphatic rings. The number of H-pyrrole nitrogens is 1. The lowest BCUT2D eigenvalue weighted by molar-refractivity contribution is -0.140. The lowest BCUT2D eigenvalue weighted by Crippen LogP contribution is -2.09. The highest BCUT2D eigenvalue weighted by Gasteiger charge is 2.05. The number of hydrogen-bond acceptors (Lipinski definition) is 6. The van der Waals surface area contributed by atoms with E-state index in [0.717, 1.165) is 0 Å². The first kappa shape index (κ1) is 49.7. The normalized spacial score (nSPS) is 7.08. The minimum atomic E-state index is -0.667. The Hall–Kier alpha value is -0.540. The maximum atomic E-state index is 11.6. The van der Waals surface area contributed by atoms with Crippen molar-refractivity contribution in [3.63, 3.8) is 0 Å². The summed E-state index contributed by atoms with van der Waals surface area (Å²) >= 11 is 7.30. The molecule has 1 heterocycles. The number of nitrogens with zero attached hydrogens (tertiary/aromatic N) is 1. The van der Waals surface area contributed by atoms with Gasteiger partial charge in [-0.1, -0.05) is 75.1 Å². The Balaban J connectivity index is -0.0000000401. The van der Waals surface area contributed by atoms with Gasteiger partial charge in [-0.25, -0.2) is 8.78 Å². The number of ether oxygens (including phenoxy) is 1. The average molecular weight is 429 g/mol. The Morgan fingerprint density at radius 1 is 1.24 bits per heavy atom. The molecule has 160 valence electrons. The Labute approximate surface area is 169 Å². The van der Waals surface area contributed by atoms with Crippen LogP contribution < -0.4 is 0 Å². The van der Waals surface area contributed by atoms with Crippen LogP contribution >= 0.6 is 35.3 Å². The summed E-state index contributed by atoms with van der Waals surface area (Å²) < 4.78 is 28.4. The fraction of sp³-hybridized carbons (Fsp3) is 0.812. The smallest absolute Gasteiger partial charge is 0.316 e. The molecule has 0 aromatic carbocycles. The summed E-state index contributed by atoms with van der Waals surface area (Å²) in [5.41, 5.74) is 0. The quantitative estimate of drug-likeness (QED) is 0.297. The van der Waals surface area contributed by atoms with Crippen LogP contribution in [0.15, 0.2) is 4.34 Å². The number of aromatic amines is 1. The zero-order valence-electron chi connectivity index (χ0n) is 9.94. The molecule has 0 saturated heterocycles. The minimum Gasteiger partial charge on any atom is -0.462 e. The van der Waals surface area contributed by atoms with Crippen LogP contribution in [0.25, 0.3) is 0 Å². The molecule has 0 spiro atoms. The van der Waals surface area contributed by atoms with Crippen LogP contribution in [-0.2, 0) is 9.53 Å². The highest BCUT2D eigenvalue weighted by molar-refractivity contribution is 8.01. The zero-order valence-corrected chi connectivity index (χ0v) is 12.4. The lowest BCUT2D eigenvalue weighted by atomic mass is 10.5. The van der Waals surface area contributed by atoms with Crippen LogP contribution in [0, 0.1) is 3.95 Å². The van der Waals surface area contributed by atoms with Crippen LogP contribution in [0.4, 0.5) is 8.78 Å². The first-order valence-electron chi connectivity index (χ1n) is 4.99. The Morgan fingerprint density at radius 2 is 1.68 bits per heavy atom. The van der Waals surface area contributed by atoms with E-state index >= 15 is 0 Å². The van der Waals surface area contributed by atoms with E-state index in [0.29, 0.717) is 8.29 Å². The van der Waals surface area contributed by atoms with E-state index in [1.54, 1.807) is 0 Å². The Morgan fingerprint density at radius 3 is 2.00 bits per heavy atom. The number of carbonyl (C=O) groups is 1. The molecule has 0 atom stereocenters. The summed E-state index contributed by atoms with van der Waals surface area (Å²) in [6.07, 6.45) is -0.667. The number of halogens is 2. The zero-order chi connectivity index (χ0) is 14.0. The van der Waals surface area contributed by atoms with Crippen LogP contribution in [0.2, 0.25) is 0 Å². The second-order valence-electron chi connectivity index (χ2n) is 3.09. The molecule has 0 aliphatic heterocycles. The van der Waals surface area contributed by atoms with Gasteiger partial charge in [-0.3, -0.25) is 9.89 Å². The van der Waals surface area contributed by atoms with E-state index in [1.165, 1.54) is 36.9 Å².